The molecule has 1 N–H and O–H groups in total. The van der Waals surface area contributed by atoms with Crippen LogP contribution in [-0.2, 0) is 0 Å². The summed E-state index contributed by atoms with van der Waals surface area (Å²) in [6.45, 7) is 5.05. The van der Waals surface area contributed by atoms with Gasteiger partial charge in [0.25, 0.3) is 0 Å². The highest BCUT2D eigenvalue weighted by Crippen LogP contribution is 2.12. The number of nitrogens with zero attached hydrogens (tertiary/aromatic N) is 1. The Labute approximate surface area is 70.2 Å². The van der Waals surface area contributed by atoms with E-state index in [0.29, 0.717) is 5.92 Å². The van der Waals surface area contributed by atoms with Crippen LogP contribution < -0.4 is 0 Å². The highest BCUT2D eigenvalue weighted by molar-refractivity contribution is 4.67. The van der Waals surface area contributed by atoms with E-state index in [1.54, 1.807) is 0 Å². The van der Waals surface area contributed by atoms with Gasteiger partial charge in [-0.2, -0.15) is 0 Å². The van der Waals surface area contributed by atoms with Crippen molar-refractivity contribution in [3.05, 3.63) is 0 Å². The van der Waals surface area contributed by atoms with E-state index < -0.39 is 0 Å². The number of likely N-dealkylation sites (N-methyl/N-ethyl adjacent to an activating group) is 1. The van der Waals surface area contributed by atoms with E-state index in [1.807, 2.05) is 19.0 Å². The van der Waals surface area contributed by atoms with Crippen molar-refractivity contribution in [2.75, 3.05) is 20.6 Å². The zero-order valence-electron chi connectivity index (χ0n) is 8.17. The van der Waals surface area contributed by atoms with Crippen molar-refractivity contribution in [3.8, 4) is 0 Å². The van der Waals surface area contributed by atoms with Crippen LogP contribution in [0.15, 0.2) is 0 Å². The van der Waals surface area contributed by atoms with Gasteiger partial charge < -0.3 is 10.0 Å². The largest absolute Gasteiger partial charge is 0.392 e. The molecule has 11 heavy (non-hydrogen) atoms. The third-order valence-corrected chi connectivity index (χ3v) is 2.15. The minimum atomic E-state index is -0.153. The molecule has 0 heterocycles. The molecule has 2 heteroatoms. The molecule has 0 amide bonds. The maximum absolute atomic E-state index is 9.64. The van der Waals surface area contributed by atoms with E-state index in [0.717, 1.165) is 19.4 Å². The van der Waals surface area contributed by atoms with E-state index in [2.05, 4.69) is 13.8 Å². The fourth-order valence-corrected chi connectivity index (χ4v) is 1.36. The first kappa shape index (κ1) is 10.9. The predicted molar refractivity (Wildman–Crippen MR) is 48.6 cm³/mol. The van der Waals surface area contributed by atoms with E-state index in [4.69, 9.17) is 0 Å². The van der Waals surface area contributed by atoms with Crippen LogP contribution in [0.25, 0.3) is 0 Å². The first-order chi connectivity index (χ1) is 5.11. The minimum absolute atomic E-state index is 0.153. The Hall–Kier alpha value is -0.0800. The van der Waals surface area contributed by atoms with Crippen LogP contribution in [0, 0.1) is 5.92 Å². The van der Waals surface area contributed by atoms with Gasteiger partial charge >= 0.3 is 0 Å². The average Bonchev–Trinajstić information content (AvgIpc) is 1.88. The van der Waals surface area contributed by atoms with Crippen molar-refractivity contribution in [1.29, 1.82) is 0 Å². The third kappa shape index (κ3) is 4.38. The zero-order valence-corrected chi connectivity index (χ0v) is 8.17. The van der Waals surface area contributed by atoms with Crippen molar-refractivity contribution >= 4 is 0 Å². The molecule has 0 saturated carbocycles. The molecule has 0 aromatic heterocycles. The number of rotatable bonds is 5. The van der Waals surface area contributed by atoms with Crippen LogP contribution in [0.2, 0.25) is 0 Å². The summed E-state index contributed by atoms with van der Waals surface area (Å²) < 4.78 is 0. The van der Waals surface area contributed by atoms with Crippen molar-refractivity contribution in [1.82, 2.24) is 4.90 Å². The van der Waals surface area contributed by atoms with Crippen molar-refractivity contribution < 1.29 is 5.11 Å². The lowest BCUT2D eigenvalue weighted by atomic mass is 9.96. The average molecular weight is 159 g/mol. The van der Waals surface area contributed by atoms with Crippen LogP contribution in [-0.4, -0.2) is 36.8 Å². The Morgan fingerprint density at radius 1 is 1.18 bits per heavy atom. The van der Waals surface area contributed by atoms with Crippen LogP contribution in [0.1, 0.15) is 26.7 Å². The van der Waals surface area contributed by atoms with Gasteiger partial charge in [0, 0.05) is 6.54 Å². The summed E-state index contributed by atoms with van der Waals surface area (Å²) in [4.78, 5) is 2.03. The fourth-order valence-electron chi connectivity index (χ4n) is 1.36. The first-order valence-corrected chi connectivity index (χ1v) is 4.44. The number of hydrogen-bond donors (Lipinski definition) is 1. The highest BCUT2D eigenvalue weighted by atomic mass is 16.3. The Balaban J connectivity index is 3.68. The van der Waals surface area contributed by atoms with Gasteiger partial charge in [0.2, 0.25) is 0 Å². The molecule has 68 valence electrons. The van der Waals surface area contributed by atoms with Gasteiger partial charge in [-0.05, 0) is 20.0 Å². The molecule has 0 rings (SSSR count). The van der Waals surface area contributed by atoms with Crippen LogP contribution in [0.4, 0.5) is 0 Å². The quantitative estimate of drug-likeness (QED) is 0.654. The van der Waals surface area contributed by atoms with Crippen molar-refractivity contribution in [2.24, 2.45) is 5.92 Å². The minimum Gasteiger partial charge on any atom is -0.392 e. The monoisotopic (exact) mass is 159 g/mol. The molecular weight excluding hydrogens is 138 g/mol. The molecule has 0 aliphatic rings. The highest BCUT2D eigenvalue weighted by Gasteiger charge is 2.15. The molecule has 0 aliphatic carbocycles. The van der Waals surface area contributed by atoms with Gasteiger partial charge in [-0.15, -0.1) is 0 Å². The molecule has 0 spiro atoms. The number of aliphatic hydroxyl groups excluding tert-OH is 1. The molecule has 1 unspecified atom stereocenters. The van der Waals surface area contributed by atoms with Gasteiger partial charge in [-0.1, -0.05) is 26.7 Å². The SMILES string of the molecule is CCC(CC)C(O)CN(C)C. The Morgan fingerprint density at radius 3 is 1.91 bits per heavy atom. The smallest absolute Gasteiger partial charge is 0.0694 e. The maximum Gasteiger partial charge on any atom is 0.0694 e. The maximum atomic E-state index is 9.64. The van der Waals surface area contributed by atoms with Gasteiger partial charge in [0.1, 0.15) is 0 Å². The Bertz CT molecular complexity index is 89.6. The summed E-state index contributed by atoms with van der Waals surface area (Å²) in [6, 6.07) is 0. The molecule has 0 saturated heterocycles. The van der Waals surface area contributed by atoms with E-state index in [1.165, 1.54) is 0 Å². The van der Waals surface area contributed by atoms with Crippen LogP contribution in [0.3, 0.4) is 0 Å². The molecule has 0 aromatic rings. The molecular formula is C9H21NO. The molecule has 0 aromatic carbocycles. The van der Waals surface area contributed by atoms with Crippen LogP contribution >= 0.6 is 0 Å². The van der Waals surface area contributed by atoms with Gasteiger partial charge in [0.15, 0.2) is 0 Å². The van der Waals surface area contributed by atoms with Crippen molar-refractivity contribution in [2.45, 2.75) is 32.8 Å². The van der Waals surface area contributed by atoms with Gasteiger partial charge in [0.05, 0.1) is 6.10 Å². The molecule has 0 radical (unpaired) electrons. The summed E-state index contributed by atoms with van der Waals surface area (Å²) >= 11 is 0. The van der Waals surface area contributed by atoms with Crippen molar-refractivity contribution in [3.63, 3.8) is 0 Å². The standard InChI is InChI=1S/C9H21NO/c1-5-8(6-2)9(11)7-10(3)4/h8-9,11H,5-7H2,1-4H3. The summed E-state index contributed by atoms with van der Waals surface area (Å²) in [6.07, 6.45) is 2.00. The molecule has 0 bridgehead atoms. The predicted octanol–water partition coefficient (Wildman–Crippen LogP) is 1.35. The van der Waals surface area contributed by atoms with E-state index >= 15 is 0 Å². The van der Waals surface area contributed by atoms with Gasteiger partial charge in [-0.25, -0.2) is 0 Å². The second kappa shape index (κ2) is 5.56. The second-order valence-corrected chi connectivity index (χ2v) is 3.41. The van der Waals surface area contributed by atoms with Crippen LogP contribution in [0.5, 0.6) is 0 Å². The Morgan fingerprint density at radius 2 is 1.64 bits per heavy atom. The van der Waals surface area contributed by atoms with E-state index in [-0.39, 0.29) is 6.10 Å². The Kier molecular flexibility index (Phi) is 5.51. The second-order valence-electron chi connectivity index (χ2n) is 3.41. The third-order valence-electron chi connectivity index (χ3n) is 2.15. The lowest BCUT2D eigenvalue weighted by molar-refractivity contribution is 0.0757. The normalized spacial score (nSPS) is 14.5. The topological polar surface area (TPSA) is 23.5 Å². The molecule has 1 atom stereocenters. The lowest BCUT2D eigenvalue weighted by Gasteiger charge is -2.22. The van der Waals surface area contributed by atoms with E-state index in [9.17, 15) is 5.11 Å². The number of aliphatic hydroxyl groups is 1. The first-order valence-electron chi connectivity index (χ1n) is 4.44. The summed E-state index contributed by atoms with van der Waals surface area (Å²) in [5, 5.41) is 9.64. The summed E-state index contributed by atoms with van der Waals surface area (Å²) in [5.41, 5.74) is 0. The van der Waals surface area contributed by atoms with Gasteiger partial charge in [-0.3, -0.25) is 0 Å². The number of hydrogen-bond acceptors (Lipinski definition) is 2. The molecule has 0 aliphatic heterocycles. The lowest BCUT2D eigenvalue weighted by Crippen LogP contribution is -2.31. The summed E-state index contributed by atoms with van der Waals surface area (Å²) in [5.74, 6) is 0.470. The molecule has 0 fully saturated rings. The fraction of sp³-hybridized carbons (Fsp3) is 1.00. The zero-order chi connectivity index (χ0) is 8.85. The molecule has 2 nitrogen and oxygen atoms in total. The summed E-state index contributed by atoms with van der Waals surface area (Å²) in [7, 11) is 3.98.